The lowest BCUT2D eigenvalue weighted by atomic mass is 10.2. The van der Waals surface area contributed by atoms with Gasteiger partial charge in [0.15, 0.2) is 0 Å². The molecular formula is C15H17NO3S2. The molecule has 4 nitrogen and oxygen atoms in total. The minimum absolute atomic E-state index is 0.0637. The fourth-order valence-corrected chi connectivity index (χ4v) is 4.33. The zero-order chi connectivity index (χ0) is 15.5. The van der Waals surface area contributed by atoms with E-state index in [0.29, 0.717) is 4.88 Å². The molecule has 0 fully saturated rings. The van der Waals surface area contributed by atoms with Gasteiger partial charge in [0.2, 0.25) is 9.84 Å². The Morgan fingerprint density at radius 1 is 1.19 bits per heavy atom. The second-order valence-electron chi connectivity index (χ2n) is 4.72. The summed E-state index contributed by atoms with van der Waals surface area (Å²) in [5.41, 5.74) is 0. The van der Waals surface area contributed by atoms with Crippen molar-refractivity contribution in [3.8, 4) is 0 Å². The van der Waals surface area contributed by atoms with E-state index >= 15 is 0 Å². The van der Waals surface area contributed by atoms with Crippen molar-refractivity contribution in [2.75, 3.05) is 0 Å². The monoisotopic (exact) mass is 323 g/mol. The number of hydrogen-bond donors (Lipinski definition) is 1. The fraction of sp³-hybridized carbons (Fsp3) is 0.267. The first kappa shape index (κ1) is 15.7. The molecule has 0 unspecified atom stereocenters. The molecule has 1 aromatic heterocycles. The van der Waals surface area contributed by atoms with Crippen LogP contribution in [0.25, 0.3) is 0 Å². The number of hydrogen-bond acceptors (Lipinski definition) is 4. The standard InChI is InChI=1S/C15H17NO3S2/c1-3-11(2)16-15(17)13-9-10-14(20-13)21(18,19)12-7-5-4-6-8-12/h4-11H,3H2,1-2H3,(H,16,17)/t11-/m0/s1. The molecule has 0 radical (unpaired) electrons. The summed E-state index contributed by atoms with van der Waals surface area (Å²) in [7, 11) is -3.55. The molecule has 0 saturated heterocycles. The molecule has 1 atom stereocenters. The lowest BCUT2D eigenvalue weighted by Gasteiger charge is -2.09. The van der Waals surface area contributed by atoms with Gasteiger partial charge >= 0.3 is 0 Å². The maximum Gasteiger partial charge on any atom is 0.261 e. The Hall–Kier alpha value is -1.66. The van der Waals surface area contributed by atoms with Gasteiger partial charge in [-0.2, -0.15) is 0 Å². The third-order valence-electron chi connectivity index (χ3n) is 3.11. The van der Waals surface area contributed by atoms with Crippen LogP contribution in [0.15, 0.2) is 51.6 Å². The number of carbonyl (C=O) groups is 1. The van der Waals surface area contributed by atoms with Gasteiger partial charge in [-0.15, -0.1) is 11.3 Å². The van der Waals surface area contributed by atoms with Gasteiger partial charge in [-0.3, -0.25) is 4.79 Å². The first-order valence-corrected chi connectivity index (χ1v) is 8.96. The van der Waals surface area contributed by atoms with Crippen LogP contribution in [0.1, 0.15) is 29.9 Å². The minimum atomic E-state index is -3.55. The topological polar surface area (TPSA) is 63.2 Å². The van der Waals surface area contributed by atoms with Crippen molar-refractivity contribution < 1.29 is 13.2 Å². The zero-order valence-corrected chi connectivity index (χ0v) is 13.5. The molecule has 0 aliphatic heterocycles. The Kier molecular flexibility index (Phi) is 4.80. The maximum absolute atomic E-state index is 12.4. The smallest absolute Gasteiger partial charge is 0.261 e. The second-order valence-corrected chi connectivity index (χ2v) is 7.98. The first-order chi connectivity index (χ1) is 9.95. The quantitative estimate of drug-likeness (QED) is 0.919. The molecule has 1 N–H and O–H groups in total. The van der Waals surface area contributed by atoms with Crippen LogP contribution in [0, 0.1) is 0 Å². The Bertz CT molecular complexity index is 720. The highest BCUT2D eigenvalue weighted by Crippen LogP contribution is 2.27. The van der Waals surface area contributed by atoms with Crippen LogP contribution < -0.4 is 5.32 Å². The average Bonchev–Trinajstić information content (AvgIpc) is 2.98. The van der Waals surface area contributed by atoms with Crippen LogP contribution in [0.3, 0.4) is 0 Å². The van der Waals surface area contributed by atoms with Crippen molar-refractivity contribution in [2.24, 2.45) is 0 Å². The van der Waals surface area contributed by atoms with E-state index in [4.69, 9.17) is 0 Å². The normalized spacial score (nSPS) is 12.9. The summed E-state index contributed by atoms with van der Waals surface area (Å²) in [4.78, 5) is 12.6. The van der Waals surface area contributed by atoms with Crippen LogP contribution in [0.2, 0.25) is 0 Å². The SMILES string of the molecule is CC[C@H](C)NC(=O)c1ccc(S(=O)(=O)c2ccccc2)s1. The molecule has 112 valence electrons. The second kappa shape index (κ2) is 6.41. The molecule has 0 aliphatic carbocycles. The third-order valence-corrected chi connectivity index (χ3v) is 6.46. The highest BCUT2D eigenvalue weighted by atomic mass is 32.2. The van der Waals surface area contributed by atoms with E-state index in [-0.39, 0.29) is 21.1 Å². The van der Waals surface area contributed by atoms with E-state index in [1.807, 2.05) is 13.8 Å². The molecule has 1 amide bonds. The predicted octanol–water partition coefficient (Wildman–Crippen LogP) is 3.11. The van der Waals surface area contributed by atoms with Gasteiger partial charge in [0.05, 0.1) is 9.77 Å². The largest absolute Gasteiger partial charge is 0.349 e. The summed E-state index contributed by atoms with van der Waals surface area (Å²) in [6.45, 7) is 3.89. The lowest BCUT2D eigenvalue weighted by Crippen LogP contribution is -2.31. The highest BCUT2D eigenvalue weighted by molar-refractivity contribution is 7.93. The fourth-order valence-electron chi connectivity index (χ4n) is 1.70. The Labute approximate surface area is 128 Å². The summed E-state index contributed by atoms with van der Waals surface area (Å²) in [5.74, 6) is -0.233. The Balaban J connectivity index is 2.26. The average molecular weight is 323 g/mol. The van der Waals surface area contributed by atoms with Gasteiger partial charge in [-0.05, 0) is 37.6 Å². The van der Waals surface area contributed by atoms with E-state index in [1.165, 1.54) is 6.07 Å². The number of sulfone groups is 1. The molecule has 2 aromatic rings. The number of amides is 1. The van der Waals surface area contributed by atoms with Crippen LogP contribution in [-0.4, -0.2) is 20.4 Å². The van der Waals surface area contributed by atoms with Gasteiger partial charge in [0, 0.05) is 6.04 Å². The van der Waals surface area contributed by atoms with Crippen LogP contribution in [-0.2, 0) is 9.84 Å². The predicted molar refractivity (Wildman–Crippen MR) is 83.4 cm³/mol. The van der Waals surface area contributed by atoms with Crippen molar-refractivity contribution >= 4 is 27.1 Å². The van der Waals surface area contributed by atoms with Gasteiger partial charge in [-0.1, -0.05) is 25.1 Å². The number of rotatable bonds is 5. The summed E-state index contributed by atoms with van der Waals surface area (Å²) in [5, 5.41) is 2.83. The van der Waals surface area contributed by atoms with Gasteiger partial charge in [0.1, 0.15) is 4.21 Å². The summed E-state index contributed by atoms with van der Waals surface area (Å²) in [6.07, 6.45) is 0.826. The maximum atomic E-state index is 12.4. The Morgan fingerprint density at radius 3 is 2.48 bits per heavy atom. The lowest BCUT2D eigenvalue weighted by molar-refractivity contribution is 0.0943. The molecule has 0 spiro atoms. The van der Waals surface area contributed by atoms with Crippen LogP contribution in [0.4, 0.5) is 0 Å². The van der Waals surface area contributed by atoms with E-state index in [9.17, 15) is 13.2 Å². The number of benzene rings is 1. The number of carbonyl (C=O) groups excluding carboxylic acids is 1. The summed E-state index contributed by atoms with van der Waals surface area (Å²) in [6, 6.07) is 11.3. The molecule has 1 aromatic carbocycles. The number of thiophene rings is 1. The molecule has 21 heavy (non-hydrogen) atoms. The van der Waals surface area contributed by atoms with Crippen LogP contribution in [0.5, 0.6) is 0 Å². The van der Waals surface area contributed by atoms with Gasteiger partial charge in [0.25, 0.3) is 5.91 Å². The third kappa shape index (κ3) is 3.51. The molecule has 0 bridgehead atoms. The molecule has 6 heteroatoms. The highest BCUT2D eigenvalue weighted by Gasteiger charge is 2.21. The molecular weight excluding hydrogens is 306 g/mol. The first-order valence-electron chi connectivity index (χ1n) is 6.66. The van der Waals surface area contributed by atoms with E-state index in [2.05, 4.69) is 5.32 Å². The van der Waals surface area contributed by atoms with Crippen molar-refractivity contribution in [2.45, 2.75) is 35.4 Å². The molecule has 0 aliphatic rings. The molecule has 0 saturated carbocycles. The van der Waals surface area contributed by atoms with Gasteiger partial charge < -0.3 is 5.32 Å². The van der Waals surface area contributed by atoms with Crippen LogP contribution >= 0.6 is 11.3 Å². The van der Waals surface area contributed by atoms with Crippen molar-refractivity contribution in [3.63, 3.8) is 0 Å². The molecule has 2 rings (SSSR count). The van der Waals surface area contributed by atoms with Crippen molar-refractivity contribution in [1.82, 2.24) is 5.32 Å². The van der Waals surface area contributed by atoms with Crippen molar-refractivity contribution in [1.29, 1.82) is 0 Å². The van der Waals surface area contributed by atoms with E-state index in [0.717, 1.165) is 17.8 Å². The minimum Gasteiger partial charge on any atom is -0.349 e. The Morgan fingerprint density at radius 2 is 1.86 bits per heavy atom. The molecule has 1 heterocycles. The number of nitrogens with one attached hydrogen (secondary N) is 1. The van der Waals surface area contributed by atoms with E-state index in [1.54, 1.807) is 36.4 Å². The summed E-state index contributed by atoms with van der Waals surface area (Å²) >= 11 is 0.995. The van der Waals surface area contributed by atoms with Crippen molar-refractivity contribution in [3.05, 3.63) is 47.3 Å². The van der Waals surface area contributed by atoms with E-state index < -0.39 is 9.84 Å². The van der Waals surface area contributed by atoms with Gasteiger partial charge in [-0.25, -0.2) is 8.42 Å². The summed E-state index contributed by atoms with van der Waals surface area (Å²) < 4.78 is 25.0. The zero-order valence-electron chi connectivity index (χ0n) is 11.9.